The normalized spacial score (nSPS) is 12.2. The van der Waals surface area contributed by atoms with Crippen molar-refractivity contribution in [1.29, 1.82) is 0 Å². The fraction of sp³-hybridized carbons (Fsp3) is 0.412. The van der Waals surface area contributed by atoms with E-state index in [0.29, 0.717) is 16.0 Å². The number of aromatic nitrogens is 3. The van der Waals surface area contributed by atoms with Gasteiger partial charge in [-0.1, -0.05) is 37.2 Å². The van der Waals surface area contributed by atoms with Gasteiger partial charge in [0.15, 0.2) is 16.8 Å². The molecule has 1 unspecified atom stereocenters. The molecule has 1 atom stereocenters. The van der Waals surface area contributed by atoms with Crippen LogP contribution in [0.15, 0.2) is 29.4 Å². The van der Waals surface area contributed by atoms with E-state index in [9.17, 15) is 9.59 Å². The van der Waals surface area contributed by atoms with Crippen LogP contribution in [0.4, 0.5) is 0 Å². The minimum Gasteiger partial charge on any atom is -0.345 e. The first kappa shape index (κ1) is 19.5. The summed E-state index contributed by atoms with van der Waals surface area (Å²) in [5.74, 6) is 0.677. The minimum absolute atomic E-state index is 0.0444. The maximum atomic E-state index is 12.1. The van der Waals surface area contributed by atoms with Crippen molar-refractivity contribution in [2.24, 2.45) is 13.0 Å². The third kappa shape index (κ3) is 5.06. The number of ketones is 1. The molecule has 0 saturated heterocycles. The Balaban J connectivity index is 2.01. The van der Waals surface area contributed by atoms with Gasteiger partial charge in [0.2, 0.25) is 5.91 Å². The minimum atomic E-state index is -0.461. The van der Waals surface area contributed by atoms with Crippen LogP contribution in [-0.4, -0.2) is 38.2 Å². The van der Waals surface area contributed by atoms with Crippen LogP contribution in [0.1, 0.15) is 20.8 Å². The zero-order valence-corrected chi connectivity index (χ0v) is 16.2. The van der Waals surface area contributed by atoms with Gasteiger partial charge in [0.1, 0.15) is 0 Å². The van der Waals surface area contributed by atoms with Crippen molar-refractivity contribution in [1.82, 2.24) is 20.1 Å². The lowest BCUT2D eigenvalue weighted by Crippen LogP contribution is -2.44. The van der Waals surface area contributed by atoms with Crippen LogP contribution in [0, 0.1) is 5.92 Å². The summed E-state index contributed by atoms with van der Waals surface area (Å²) in [6.07, 6.45) is 0. The molecular weight excluding hydrogens is 360 g/mol. The molecule has 1 aromatic heterocycles. The Labute approximate surface area is 156 Å². The summed E-state index contributed by atoms with van der Waals surface area (Å²) in [5, 5.41) is 12.4. The van der Waals surface area contributed by atoms with E-state index in [1.165, 1.54) is 18.7 Å². The Morgan fingerprint density at radius 3 is 2.44 bits per heavy atom. The highest BCUT2D eigenvalue weighted by molar-refractivity contribution is 7.99. The van der Waals surface area contributed by atoms with E-state index in [4.69, 9.17) is 11.6 Å². The second kappa shape index (κ2) is 8.49. The molecule has 1 N–H and O–H groups in total. The summed E-state index contributed by atoms with van der Waals surface area (Å²) in [6.45, 7) is 5.29. The van der Waals surface area contributed by atoms with Gasteiger partial charge in [-0.05, 0) is 37.1 Å². The van der Waals surface area contributed by atoms with Crippen molar-refractivity contribution in [2.75, 3.05) is 5.75 Å². The number of benzene rings is 1. The van der Waals surface area contributed by atoms with Crippen molar-refractivity contribution in [3.05, 3.63) is 29.3 Å². The largest absolute Gasteiger partial charge is 0.345 e. The molecule has 0 aliphatic heterocycles. The zero-order valence-electron chi connectivity index (χ0n) is 14.6. The first-order valence-electron chi connectivity index (χ1n) is 7.87. The van der Waals surface area contributed by atoms with E-state index in [1.54, 1.807) is 12.1 Å². The summed E-state index contributed by atoms with van der Waals surface area (Å²) in [6, 6.07) is 6.86. The second-order valence-corrected chi connectivity index (χ2v) is 7.44. The van der Waals surface area contributed by atoms with Crippen LogP contribution in [0.5, 0.6) is 0 Å². The lowest BCUT2D eigenvalue weighted by molar-refractivity contribution is -0.126. The van der Waals surface area contributed by atoms with Crippen molar-refractivity contribution in [3.8, 4) is 11.4 Å². The standard InChI is InChI=1S/C17H21ClN4O2S/c1-10(2)15(11(3)23)19-14(24)9-25-17-21-20-16(22(17)4)12-5-7-13(18)8-6-12/h5-8,10,15H,9H2,1-4H3,(H,19,24). The summed E-state index contributed by atoms with van der Waals surface area (Å²) < 4.78 is 1.83. The molecule has 0 spiro atoms. The van der Waals surface area contributed by atoms with E-state index < -0.39 is 6.04 Å². The number of nitrogens with one attached hydrogen (secondary N) is 1. The Kier molecular flexibility index (Phi) is 6.61. The first-order valence-corrected chi connectivity index (χ1v) is 9.24. The van der Waals surface area contributed by atoms with Crippen molar-refractivity contribution >= 4 is 35.1 Å². The smallest absolute Gasteiger partial charge is 0.231 e. The maximum Gasteiger partial charge on any atom is 0.231 e. The van der Waals surface area contributed by atoms with Crippen molar-refractivity contribution in [2.45, 2.75) is 32.0 Å². The number of carbonyl (C=O) groups excluding carboxylic acids is 2. The molecule has 1 heterocycles. The van der Waals surface area contributed by atoms with Gasteiger partial charge in [-0.25, -0.2) is 0 Å². The van der Waals surface area contributed by atoms with Crippen molar-refractivity contribution in [3.63, 3.8) is 0 Å². The number of halogens is 1. The molecular formula is C17H21ClN4O2S. The van der Waals surface area contributed by atoms with Crippen LogP contribution >= 0.6 is 23.4 Å². The lowest BCUT2D eigenvalue weighted by atomic mass is 10.0. The Morgan fingerprint density at radius 2 is 1.88 bits per heavy atom. The maximum absolute atomic E-state index is 12.1. The van der Waals surface area contributed by atoms with Gasteiger partial charge in [-0.3, -0.25) is 9.59 Å². The van der Waals surface area contributed by atoms with E-state index in [-0.39, 0.29) is 23.4 Å². The topological polar surface area (TPSA) is 76.9 Å². The Bertz CT molecular complexity index is 759. The fourth-order valence-corrected chi connectivity index (χ4v) is 3.22. The van der Waals surface area contributed by atoms with Crippen LogP contribution in [0.3, 0.4) is 0 Å². The monoisotopic (exact) mass is 380 g/mol. The Morgan fingerprint density at radius 1 is 1.24 bits per heavy atom. The summed E-state index contributed by atoms with van der Waals surface area (Å²) in [4.78, 5) is 23.7. The SMILES string of the molecule is CC(=O)C(NC(=O)CSc1nnc(-c2ccc(Cl)cc2)n1C)C(C)C. The average molecular weight is 381 g/mol. The van der Waals surface area contributed by atoms with Gasteiger partial charge in [0.25, 0.3) is 0 Å². The third-order valence-electron chi connectivity index (χ3n) is 3.69. The molecule has 0 fully saturated rings. The number of amides is 1. The number of thioether (sulfide) groups is 1. The predicted octanol–water partition coefficient (Wildman–Crippen LogP) is 2.96. The summed E-state index contributed by atoms with van der Waals surface area (Å²) in [7, 11) is 1.84. The van der Waals surface area contributed by atoms with E-state index in [1.807, 2.05) is 37.6 Å². The quantitative estimate of drug-likeness (QED) is 0.747. The highest BCUT2D eigenvalue weighted by atomic mass is 35.5. The van der Waals surface area contributed by atoms with E-state index in [0.717, 1.165) is 5.56 Å². The number of hydrogen-bond donors (Lipinski definition) is 1. The molecule has 2 rings (SSSR count). The highest BCUT2D eigenvalue weighted by Gasteiger charge is 2.21. The average Bonchev–Trinajstić information content (AvgIpc) is 2.91. The Hall–Kier alpha value is -1.86. The third-order valence-corrected chi connectivity index (χ3v) is 4.96. The van der Waals surface area contributed by atoms with Crippen LogP contribution in [0.25, 0.3) is 11.4 Å². The van der Waals surface area contributed by atoms with Gasteiger partial charge >= 0.3 is 0 Å². The van der Waals surface area contributed by atoms with Crippen LogP contribution < -0.4 is 5.32 Å². The molecule has 2 aromatic rings. The molecule has 0 aliphatic carbocycles. The fourth-order valence-electron chi connectivity index (χ4n) is 2.37. The summed E-state index contributed by atoms with van der Waals surface area (Å²) in [5.41, 5.74) is 0.896. The number of nitrogens with zero attached hydrogens (tertiary/aromatic N) is 3. The van der Waals surface area contributed by atoms with E-state index >= 15 is 0 Å². The van der Waals surface area contributed by atoms with Crippen molar-refractivity contribution < 1.29 is 9.59 Å². The lowest BCUT2D eigenvalue weighted by Gasteiger charge is -2.19. The first-order chi connectivity index (χ1) is 11.8. The molecule has 8 heteroatoms. The molecule has 134 valence electrons. The van der Waals surface area contributed by atoms with Gasteiger partial charge in [0.05, 0.1) is 11.8 Å². The molecule has 1 aromatic carbocycles. The van der Waals surface area contributed by atoms with Gasteiger partial charge in [-0.2, -0.15) is 0 Å². The molecule has 0 radical (unpaired) electrons. The van der Waals surface area contributed by atoms with E-state index in [2.05, 4.69) is 15.5 Å². The number of carbonyl (C=O) groups is 2. The van der Waals surface area contributed by atoms with Gasteiger partial charge in [0, 0.05) is 17.6 Å². The predicted molar refractivity (Wildman–Crippen MR) is 99.6 cm³/mol. The van der Waals surface area contributed by atoms with Gasteiger partial charge in [-0.15, -0.1) is 10.2 Å². The molecule has 0 bridgehead atoms. The van der Waals surface area contributed by atoms with Crippen LogP contribution in [-0.2, 0) is 16.6 Å². The summed E-state index contributed by atoms with van der Waals surface area (Å²) >= 11 is 7.18. The molecule has 25 heavy (non-hydrogen) atoms. The zero-order chi connectivity index (χ0) is 18.6. The second-order valence-electron chi connectivity index (χ2n) is 6.06. The number of Topliss-reactive ketones (excluding diaryl/α,β-unsaturated/α-hetero) is 1. The number of hydrogen-bond acceptors (Lipinski definition) is 5. The van der Waals surface area contributed by atoms with Crippen LogP contribution in [0.2, 0.25) is 5.02 Å². The molecule has 0 aliphatic rings. The molecule has 0 saturated carbocycles. The molecule has 6 nitrogen and oxygen atoms in total. The molecule has 1 amide bonds. The van der Waals surface area contributed by atoms with Gasteiger partial charge < -0.3 is 9.88 Å². The number of rotatable bonds is 7. The highest BCUT2D eigenvalue weighted by Crippen LogP contribution is 2.23.